The van der Waals surface area contributed by atoms with Gasteiger partial charge in [0.15, 0.2) is 5.88 Å². The highest BCUT2D eigenvalue weighted by molar-refractivity contribution is 6.31. The second kappa shape index (κ2) is 10.6. The molecular weight excluding hydrogens is 488 g/mol. The van der Waals surface area contributed by atoms with Gasteiger partial charge in [-0.1, -0.05) is 48.0 Å². The van der Waals surface area contributed by atoms with Crippen LogP contribution in [0.1, 0.15) is 11.1 Å². The van der Waals surface area contributed by atoms with E-state index in [-0.39, 0.29) is 11.8 Å². The zero-order chi connectivity index (χ0) is 25.9. The number of rotatable bonds is 6. The van der Waals surface area contributed by atoms with Crippen LogP contribution in [0.4, 0.5) is 17.1 Å². The zero-order valence-electron chi connectivity index (χ0n) is 20.5. The van der Waals surface area contributed by atoms with Gasteiger partial charge in [0.1, 0.15) is 0 Å². The molecule has 3 aromatic carbocycles. The van der Waals surface area contributed by atoms with Gasteiger partial charge in [0.25, 0.3) is 0 Å². The monoisotopic (exact) mass is 516 g/mol. The fraction of sp³-hybridized carbons (Fsp3) is 0.214. The van der Waals surface area contributed by atoms with E-state index in [1.54, 1.807) is 30.3 Å². The van der Waals surface area contributed by atoms with Gasteiger partial charge in [-0.05, 0) is 37.4 Å². The number of piperazine rings is 1. The molecule has 2 heterocycles. The van der Waals surface area contributed by atoms with Crippen LogP contribution in [0.2, 0.25) is 5.02 Å². The summed E-state index contributed by atoms with van der Waals surface area (Å²) in [5, 5.41) is 15.1. The molecule has 1 saturated heterocycles. The van der Waals surface area contributed by atoms with Crippen LogP contribution < -0.4 is 11.1 Å². The van der Waals surface area contributed by atoms with Crippen LogP contribution >= 0.6 is 11.6 Å². The maximum atomic E-state index is 12.6. The molecule has 0 radical (unpaired) electrons. The maximum Gasteiger partial charge on any atom is 0.238 e. The summed E-state index contributed by atoms with van der Waals surface area (Å²) in [5.41, 5.74) is 10.6. The first-order valence-electron chi connectivity index (χ1n) is 12.1. The largest absolute Gasteiger partial charge is 0.494 e. The number of carbonyl (C=O) groups excluding carboxylic acids is 1. The number of aromatic amines is 1. The molecule has 0 atom stereocenters. The molecule has 1 amide bonds. The molecular formula is C28H29ClN6O2. The molecule has 0 bridgehead atoms. The third kappa shape index (κ3) is 5.61. The van der Waals surface area contributed by atoms with Crippen molar-refractivity contribution < 1.29 is 9.90 Å². The highest BCUT2D eigenvalue weighted by atomic mass is 35.5. The van der Waals surface area contributed by atoms with Crippen molar-refractivity contribution in [2.75, 3.05) is 50.8 Å². The Kier molecular flexibility index (Phi) is 7.14. The van der Waals surface area contributed by atoms with E-state index in [1.165, 1.54) is 0 Å². The van der Waals surface area contributed by atoms with Gasteiger partial charge in [-0.15, -0.1) is 0 Å². The summed E-state index contributed by atoms with van der Waals surface area (Å²) < 4.78 is 0. The first kappa shape index (κ1) is 24.8. The Morgan fingerprint density at radius 2 is 1.84 bits per heavy atom. The number of anilines is 2. The molecule has 4 aromatic rings. The minimum atomic E-state index is -0.0974. The van der Waals surface area contributed by atoms with Gasteiger partial charge in [-0.2, -0.15) is 0 Å². The van der Waals surface area contributed by atoms with Gasteiger partial charge < -0.3 is 26.0 Å². The fourth-order valence-corrected chi connectivity index (χ4v) is 4.69. The van der Waals surface area contributed by atoms with Crippen LogP contribution in [0.15, 0.2) is 71.7 Å². The van der Waals surface area contributed by atoms with E-state index in [9.17, 15) is 9.90 Å². The van der Waals surface area contributed by atoms with Crippen LogP contribution in [0.5, 0.6) is 5.88 Å². The van der Waals surface area contributed by atoms with Crippen molar-refractivity contribution in [3.05, 3.63) is 82.9 Å². The number of likely N-dealkylation sites (N-methyl/N-ethyl adjacent to an activating group) is 1. The van der Waals surface area contributed by atoms with Gasteiger partial charge in [0, 0.05) is 42.2 Å². The third-order valence-electron chi connectivity index (χ3n) is 6.54. The van der Waals surface area contributed by atoms with Crippen molar-refractivity contribution in [2.45, 2.75) is 0 Å². The second-order valence-corrected chi connectivity index (χ2v) is 9.70. The maximum absolute atomic E-state index is 12.6. The van der Waals surface area contributed by atoms with Crippen molar-refractivity contribution >= 4 is 51.2 Å². The van der Waals surface area contributed by atoms with Gasteiger partial charge in [0.05, 0.1) is 40.4 Å². The smallest absolute Gasteiger partial charge is 0.238 e. The number of amides is 1. The number of nitrogen functional groups attached to an aromatic ring is 1. The van der Waals surface area contributed by atoms with Gasteiger partial charge in [0.2, 0.25) is 5.91 Å². The molecule has 8 nitrogen and oxygen atoms in total. The van der Waals surface area contributed by atoms with E-state index >= 15 is 0 Å². The van der Waals surface area contributed by atoms with E-state index in [2.05, 4.69) is 27.1 Å². The van der Waals surface area contributed by atoms with E-state index in [1.807, 2.05) is 36.4 Å². The first-order chi connectivity index (χ1) is 17.9. The summed E-state index contributed by atoms with van der Waals surface area (Å²) in [6.45, 7) is 3.95. The third-order valence-corrected chi connectivity index (χ3v) is 6.77. The molecule has 0 spiro atoms. The number of hydrogen-bond donors (Lipinski definition) is 4. The van der Waals surface area contributed by atoms with Crippen molar-refractivity contribution in [3.63, 3.8) is 0 Å². The zero-order valence-corrected chi connectivity index (χ0v) is 21.3. The second-order valence-electron chi connectivity index (χ2n) is 9.26. The standard InChI is InChI=1S/C28H29ClN6O2/c1-34-11-13-35(14-12-34)17-25(36)32-23-10-8-20(16-22(23)30)31-27(18-5-3-2-4-6-18)26-21-9-7-19(29)15-24(21)33-28(26)37/h2-10,15-16,33,37H,11-14,17,30H2,1H3,(H,32,36). The molecule has 1 fully saturated rings. The SMILES string of the molecule is CN1CCN(CC(=O)Nc2ccc(N=C(c3ccccc3)c3c(O)[nH]c4cc(Cl)ccc34)cc2N)CC1. The number of halogens is 1. The van der Waals surface area contributed by atoms with Crippen molar-refractivity contribution in [2.24, 2.45) is 4.99 Å². The lowest BCUT2D eigenvalue weighted by Crippen LogP contribution is -2.47. The number of carbonyl (C=O) groups is 1. The number of H-pyrrole nitrogens is 1. The van der Waals surface area contributed by atoms with Gasteiger partial charge >= 0.3 is 0 Å². The first-order valence-corrected chi connectivity index (χ1v) is 12.5. The Morgan fingerprint density at radius 1 is 1.08 bits per heavy atom. The molecule has 9 heteroatoms. The highest BCUT2D eigenvalue weighted by Gasteiger charge is 2.20. The number of aliphatic imine (C=N–C) groups is 1. The van der Waals surface area contributed by atoms with E-state index < -0.39 is 0 Å². The number of fused-ring (bicyclic) bond motifs is 1. The summed E-state index contributed by atoms with van der Waals surface area (Å²) in [5.74, 6) is -0.0968. The predicted molar refractivity (Wildman–Crippen MR) is 150 cm³/mol. The minimum Gasteiger partial charge on any atom is -0.494 e. The Hall–Kier alpha value is -3.85. The highest BCUT2D eigenvalue weighted by Crippen LogP contribution is 2.33. The summed E-state index contributed by atoms with van der Waals surface area (Å²) in [7, 11) is 2.08. The van der Waals surface area contributed by atoms with Crippen LogP contribution in [0.3, 0.4) is 0 Å². The Labute approximate surface area is 220 Å². The Bertz CT molecular complexity index is 1460. The Balaban J connectivity index is 1.44. The van der Waals surface area contributed by atoms with Crippen LogP contribution in [0.25, 0.3) is 10.9 Å². The van der Waals surface area contributed by atoms with Gasteiger partial charge in [-0.3, -0.25) is 9.69 Å². The van der Waals surface area contributed by atoms with Crippen molar-refractivity contribution in [1.29, 1.82) is 0 Å². The lowest BCUT2D eigenvalue weighted by Gasteiger charge is -2.31. The van der Waals surface area contributed by atoms with Crippen molar-refractivity contribution in [3.8, 4) is 5.88 Å². The normalized spacial score (nSPS) is 15.2. The Morgan fingerprint density at radius 3 is 2.57 bits per heavy atom. The minimum absolute atomic E-state index is 0.000585. The average molecular weight is 517 g/mol. The van der Waals surface area contributed by atoms with Crippen LogP contribution in [0, 0.1) is 0 Å². The number of hydrogen-bond acceptors (Lipinski definition) is 6. The molecule has 190 valence electrons. The molecule has 0 saturated carbocycles. The molecule has 0 unspecified atom stereocenters. The summed E-state index contributed by atoms with van der Waals surface area (Å²) in [6, 6.07) is 20.3. The van der Waals surface area contributed by atoms with E-state index in [0.29, 0.717) is 45.4 Å². The number of benzene rings is 3. The molecule has 1 aromatic heterocycles. The van der Waals surface area contributed by atoms with Crippen LogP contribution in [-0.4, -0.2) is 71.3 Å². The average Bonchev–Trinajstić information content (AvgIpc) is 3.20. The molecule has 37 heavy (non-hydrogen) atoms. The predicted octanol–water partition coefficient (Wildman–Crippen LogP) is 4.46. The number of aromatic nitrogens is 1. The molecule has 5 rings (SSSR count). The summed E-state index contributed by atoms with van der Waals surface area (Å²) in [4.78, 5) is 24.9. The van der Waals surface area contributed by atoms with Gasteiger partial charge in [-0.25, -0.2) is 4.99 Å². The number of nitrogens with two attached hydrogens (primary N) is 1. The van der Waals surface area contributed by atoms with E-state index in [0.717, 1.165) is 37.1 Å². The number of aromatic hydroxyl groups is 1. The molecule has 0 aliphatic carbocycles. The quantitative estimate of drug-likeness (QED) is 0.223. The molecule has 5 N–H and O–H groups in total. The molecule has 1 aliphatic rings. The summed E-state index contributed by atoms with van der Waals surface area (Å²) >= 11 is 6.15. The lowest BCUT2D eigenvalue weighted by molar-refractivity contribution is -0.117. The topological polar surface area (TPSA) is 110 Å². The molecule has 1 aliphatic heterocycles. The fourth-order valence-electron chi connectivity index (χ4n) is 4.52. The van der Waals surface area contributed by atoms with Crippen LogP contribution in [-0.2, 0) is 4.79 Å². The summed E-state index contributed by atoms with van der Waals surface area (Å²) in [6.07, 6.45) is 0. The number of nitrogens with zero attached hydrogens (tertiary/aromatic N) is 3. The van der Waals surface area contributed by atoms with Crippen molar-refractivity contribution in [1.82, 2.24) is 14.8 Å². The number of nitrogens with one attached hydrogen (secondary N) is 2. The lowest BCUT2D eigenvalue weighted by atomic mass is 10.0. The van der Waals surface area contributed by atoms with E-state index in [4.69, 9.17) is 22.3 Å².